The first-order valence-corrected chi connectivity index (χ1v) is 12.1. The van der Waals surface area contributed by atoms with Crippen molar-refractivity contribution < 1.29 is 19.0 Å². The molecule has 0 amide bonds. The second kappa shape index (κ2) is 11.9. The Balaban J connectivity index is 1.43. The van der Waals surface area contributed by atoms with Crippen LogP contribution in [-0.4, -0.2) is 90.3 Å². The van der Waals surface area contributed by atoms with E-state index < -0.39 is 5.97 Å². The van der Waals surface area contributed by atoms with E-state index in [0.29, 0.717) is 47.4 Å². The van der Waals surface area contributed by atoms with Crippen LogP contribution in [0.5, 0.6) is 11.5 Å². The van der Waals surface area contributed by atoms with E-state index in [4.69, 9.17) is 14.2 Å². The molecule has 3 heterocycles. The van der Waals surface area contributed by atoms with Gasteiger partial charge >= 0.3 is 5.97 Å². The number of carbonyl (C=O) groups excluding carboxylic acids is 1. The van der Waals surface area contributed by atoms with Gasteiger partial charge in [-0.05, 0) is 32.0 Å². The van der Waals surface area contributed by atoms with Gasteiger partial charge in [0.2, 0.25) is 0 Å². The maximum absolute atomic E-state index is 12.2. The van der Waals surface area contributed by atoms with Crippen molar-refractivity contribution in [1.29, 1.82) is 0 Å². The average molecular weight is 483 g/mol. The van der Waals surface area contributed by atoms with Gasteiger partial charge in [0.05, 0.1) is 31.5 Å². The van der Waals surface area contributed by atoms with Gasteiger partial charge < -0.3 is 34.3 Å². The van der Waals surface area contributed by atoms with Gasteiger partial charge in [-0.3, -0.25) is 0 Å². The molecular weight excluding hydrogens is 448 g/mol. The Morgan fingerprint density at radius 2 is 1.91 bits per heavy atom. The lowest BCUT2D eigenvalue weighted by atomic mass is 10.2. The molecule has 2 aromatic heterocycles. The van der Waals surface area contributed by atoms with Gasteiger partial charge in [-0.1, -0.05) is 6.92 Å². The van der Waals surface area contributed by atoms with Gasteiger partial charge in [0, 0.05) is 50.4 Å². The number of nitrogens with one attached hydrogen (secondary N) is 2. The molecule has 1 aliphatic rings. The number of hydrogen-bond acceptors (Lipinski definition) is 9. The number of piperazine rings is 1. The van der Waals surface area contributed by atoms with Crippen molar-refractivity contribution in [2.24, 2.45) is 0 Å². The fourth-order valence-electron chi connectivity index (χ4n) is 4.21. The lowest BCUT2D eigenvalue weighted by Gasteiger charge is -2.33. The largest absolute Gasteiger partial charge is 0.493 e. The number of aromatic nitrogens is 3. The Morgan fingerprint density at radius 3 is 2.66 bits per heavy atom. The predicted octanol–water partition coefficient (Wildman–Crippen LogP) is 3.29. The Bertz CT molecular complexity index is 1130. The van der Waals surface area contributed by atoms with E-state index >= 15 is 0 Å². The summed E-state index contributed by atoms with van der Waals surface area (Å²) in [7, 11) is 1.61. The fourth-order valence-corrected chi connectivity index (χ4v) is 4.21. The van der Waals surface area contributed by atoms with Gasteiger partial charge in [0.15, 0.2) is 11.5 Å². The number of hydrogen-bond donors (Lipinski definition) is 2. The summed E-state index contributed by atoms with van der Waals surface area (Å²) in [5, 5.41) is 3.96. The molecule has 10 nitrogen and oxygen atoms in total. The number of aromatic amines is 1. The number of likely N-dealkylation sites (N-methyl/N-ethyl adjacent to an activating group) is 1. The zero-order valence-corrected chi connectivity index (χ0v) is 20.7. The van der Waals surface area contributed by atoms with Crippen molar-refractivity contribution in [3.63, 3.8) is 0 Å². The van der Waals surface area contributed by atoms with Crippen LogP contribution in [0.4, 0.5) is 11.5 Å². The first-order chi connectivity index (χ1) is 17.1. The summed E-state index contributed by atoms with van der Waals surface area (Å²) in [5.74, 6) is 1.37. The molecular formula is C25H34N6O4. The Hall–Kier alpha value is -3.37. The van der Waals surface area contributed by atoms with Crippen molar-refractivity contribution in [1.82, 2.24) is 24.8 Å². The van der Waals surface area contributed by atoms with Crippen molar-refractivity contribution >= 4 is 28.4 Å². The zero-order chi connectivity index (χ0) is 24.6. The van der Waals surface area contributed by atoms with E-state index in [1.807, 2.05) is 12.1 Å². The number of nitrogens with zero attached hydrogens (tertiary/aromatic N) is 4. The molecule has 35 heavy (non-hydrogen) atoms. The number of anilines is 2. The van der Waals surface area contributed by atoms with Gasteiger partial charge in [0.1, 0.15) is 17.8 Å². The monoisotopic (exact) mass is 482 g/mol. The molecule has 0 unspecified atom stereocenters. The van der Waals surface area contributed by atoms with Crippen LogP contribution in [0, 0.1) is 0 Å². The van der Waals surface area contributed by atoms with E-state index in [2.05, 4.69) is 37.0 Å². The molecule has 1 saturated heterocycles. The lowest BCUT2D eigenvalue weighted by Crippen LogP contribution is -2.46. The molecule has 3 aromatic rings. The summed E-state index contributed by atoms with van der Waals surface area (Å²) in [6.45, 7) is 11.5. The zero-order valence-electron chi connectivity index (χ0n) is 20.7. The molecule has 0 aliphatic carbocycles. The molecule has 0 bridgehead atoms. The minimum Gasteiger partial charge on any atom is -0.493 e. The van der Waals surface area contributed by atoms with E-state index in [0.717, 1.165) is 51.1 Å². The third-order valence-electron chi connectivity index (χ3n) is 6.19. The number of rotatable bonds is 11. The Kier molecular flexibility index (Phi) is 8.38. The first-order valence-electron chi connectivity index (χ1n) is 12.1. The number of ether oxygens (including phenoxy) is 3. The van der Waals surface area contributed by atoms with E-state index in [1.54, 1.807) is 26.3 Å². The van der Waals surface area contributed by atoms with Crippen LogP contribution in [0.2, 0.25) is 0 Å². The molecule has 4 rings (SSSR count). The highest BCUT2D eigenvalue weighted by molar-refractivity contribution is 5.98. The average Bonchev–Trinajstić information content (AvgIpc) is 3.35. The summed E-state index contributed by atoms with van der Waals surface area (Å²) in [4.78, 5) is 28.9. The van der Waals surface area contributed by atoms with Crippen molar-refractivity contribution in [3.8, 4) is 11.5 Å². The van der Waals surface area contributed by atoms with Crippen LogP contribution < -0.4 is 14.8 Å². The molecule has 0 saturated carbocycles. The van der Waals surface area contributed by atoms with E-state index in [9.17, 15) is 4.79 Å². The smallest absolute Gasteiger partial charge is 0.356 e. The third-order valence-corrected chi connectivity index (χ3v) is 6.19. The summed E-state index contributed by atoms with van der Waals surface area (Å²) < 4.78 is 16.8. The number of carbonyl (C=O) groups is 1. The number of esters is 1. The molecule has 10 heteroatoms. The molecule has 2 N–H and O–H groups in total. The lowest BCUT2D eigenvalue weighted by molar-refractivity contribution is 0.0521. The van der Waals surface area contributed by atoms with Gasteiger partial charge in [-0.15, -0.1) is 0 Å². The van der Waals surface area contributed by atoms with Crippen molar-refractivity contribution in [2.45, 2.75) is 20.3 Å². The second-order valence-electron chi connectivity index (χ2n) is 8.33. The van der Waals surface area contributed by atoms with Crippen LogP contribution in [0.15, 0.2) is 30.7 Å². The van der Waals surface area contributed by atoms with Crippen LogP contribution in [0.25, 0.3) is 10.9 Å². The van der Waals surface area contributed by atoms with Crippen LogP contribution in [0.3, 0.4) is 0 Å². The number of benzene rings is 1. The second-order valence-corrected chi connectivity index (χ2v) is 8.33. The summed E-state index contributed by atoms with van der Waals surface area (Å²) in [6, 6.07) is 5.48. The number of methoxy groups -OCH3 is 1. The topological polar surface area (TPSA) is 105 Å². The minimum atomic E-state index is -0.432. The molecule has 0 spiro atoms. The van der Waals surface area contributed by atoms with Gasteiger partial charge in [-0.2, -0.15) is 0 Å². The first kappa shape index (κ1) is 24.7. The molecule has 0 atom stereocenters. The molecule has 0 radical (unpaired) electrons. The maximum atomic E-state index is 12.2. The number of H-pyrrole nitrogens is 1. The minimum absolute atomic E-state index is 0.295. The van der Waals surface area contributed by atoms with E-state index in [1.165, 1.54) is 6.33 Å². The van der Waals surface area contributed by atoms with Gasteiger partial charge in [0.25, 0.3) is 0 Å². The number of fused-ring (bicyclic) bond motifs is 1. The summed E-state index contributed by atoms with van der Waals surface area (Å²) >= 11 is 0. The summed E-state index contributed by atoms with van der Waals surface area (Å²) in [5.41, 5.74) is 1.62. The van der Waals surface area contributed by atoms with Crippen molar-refractivity contribution in [3.05, 3.63) is 36.4 Å². The van der Waals surface area contributed by atoms with Crippen LogP contribution >= 0.6 is 0 Å². The molecule has 1 aliphatic heterocycles. The SMILES string of the molecule is CCOC(=O)c1[nH]ccc1Nc1ncnc2cc(OCCCN3CCN(CC)CC3)c(OC)cc12. The van der Waals surface area contributed by atoms with Crippen LogP contribution in [-0.2, 0) is 4.74 Å². The van der Waals surface area contributed by atoms with Crippen molar-refractivity contribution in [2.75, 3.05) is 64.9 Å². The fraction of sp³-hybridized carbons (Fsp3) is 0.480. The van der Waals surface area contributed by atoms with Gasteiger partial charge in [-0.25, -0.2) is 14.8 Å². The predicted molar refractivity (Wildman–Crippen MR) is 135 cm³/mol. The normalized spacial score (nSPS) is 14.7. The van der Waals surface area contributed by atoms with E-state index in [-0.39, 0.29) is 0 Å². The molecule has 1 fully saturated rings. The summed E-state index contributed by atoms with van der Waals surface area (Å²) in [6.07, 6.45) is 4.09. The molecule has 1 aromatic carbocycles. The standard InChI is InChI=1S/C25H34N6O4/c1-4-30-10-12-31(13-11-30)9-6-14-35-22-16-20-18(15-21(22)33-3)24(28-17-27-20)29-19-7-8-26-23(19)25(32)34-5-2/h7-8,15-17,26H,4-6,9-14H2,1-3H3,(H,27,28,29). The van der Waals surface area contributed by atoms with Crippen LogP contribution in [0.1, 0.15) is 30.8 Å². The molecule has 188 valence electrons. The third kappa shape index (κ3) is 6.01. The Labute approximate surface area is 205 Å². The maximum Gasteiger partial charge on any atom is 0.356 e. The highest BCUT2D eigenvalue weighted by atomic mass is 16.5. The Morgan fingerprint density at radius 1 is 1.11 bits per heavy atom. The highest BCUT2D eigenvalue weighted by Crippen LogP contribution is 2.35. The quantitative estimate of drug-likeness (QED) is 0.315. The highest BCUT2D eigenvalue weighted by Gasteiger charge is 2.18.